The maximum atomic E-state index is 5.83. The molecule has 0 saturated carbocycles. The highest BCUT2D eigenvalue weighted by Crippen LogP contribution is 2.23. The van der Waals surface area contributed by atoms with Crippen molar-refractivity contribution in [2.24, 2.45) is 0 Å². The summed E-state index contributed by atoms with van der Waals surface area (Å²) in [5.41, 5.74) is 1.10. The first-order valence-electron chi connectivity index (χ1n) is 5.85. The number of rotatable bonds is 5. The van der Waals surface area contributed by atoms with Gasteiger partial charge in [0.25, 0.3) is 0 Å². The van der Waals surface area contributed by atoms with Gasteiger partial charge in [-0.25, -0.2) is 4.98 Å². The lowest BCUT2D eigenvalue weighted by atomic mass is 10.3. The zero-order valence-electron chi connectivity index (χ0n) is 10.2. The van der Waals surface area contributed by atoms with E-state index in [1.165, 1.54) is 9.71 Å². The molecular weight excluding hydrogens is 252 g/mol. The first-order valence-corrected chi connectivity index (χ1v) is 7.20. The minimum Gasteiger partial charge on any atom is -0.293 e. The first-order chi connectivity index (χ1) is 8.20. The highest BCUT2D eigenvalue weighted by Gasteiger charge is 2.12. The molecule has 0 aliphatic carbocycles. The Morgan fingerprint density at radius 1 is 1.35 bits per heavy atom. The van der Waals surface area contributed by atoms with Crippen LogP contribution in [0.5, 0.6) is 0 Å². The molecule has 1 heterocycles. The minimum atomic E-state index is 0.501. The number of nitrogens with zero attached hydrogens (tertiary/aromatic N) is 2. The molecule has 4 heteroatoms. The molecule has 0 unspecified atom stereocenters. The van der Waals surface area contributed by atoms with E-state index in [1.807, 2.05) is 6.07 Å². The van der Waals surface area contributed by atoms with Gasteiger partial charge in [-0.1, -0.05) is 12.1 Å². The number of benzene rings is 1. The molecule has 0 radical (unpaired) electrons. The maximum absolute atomic E-state index is 5.83. The predicted octanol–water partition coefficient (Wildman–Crippen LogP) is 3.75. The molecule has 0 spiro atoms. The highest BCUT2D eigenvalue weighted by atomic mass is 35.5. The fourth-order valence-electron chi connectivity index (χ4n) is 1.79. The molecule has 0 aliphatic heterocycles. The van der Waals surface area contributed by atoms with Gasteiger partial charge in [0.15, 0.2) is 0 Å². The van der Waals surface area contributed by atoms with E-state index < -0.39 is 0 Å². The van der Waals surface area contributed by atoms with Crippen molar-refractivity contribution >= 4 is 33.2 Å². The number of para-hydroxylation sites is 1. The van der Waals surface area contributed by atoms with Crippen LogP contribution < -0.4 is 0 Å². The van der Waals surface area contributed by atoms with Crippen molar-refractivity contribution in [3.8, 4) is 0 Å². The maximum Gasteiger partial charge on any atom is 0.108 e. The Bertz CT molecular complexity index is 448. The third-order valence-electron chi connectivity index (χ3n) is 2.78. The monoisotopic (exact) mass is 268 g/mol. The smallest absolute Gasteiger partial charge is 0.108 e. The van der Waals surface area contributed by atoms with Gasteiger partial charge in [-0.05, 0) is 26.0 Å². The summed E-state index contributed by atoms with van der Waals surface area (Å²) in [6.07, 6.45) is 0. The minimum absolute atomic E-state index is 0.501. The van der Waals surface area contributed by atoms with Crippen molar-refractivity contribution in [3.63, 3.8) is 0 Å². The van der Waals surface area contributed by atoms with Gasteiger partial charge in [0.05, 0.1) is 16.8 Å². The van der Waals surface area contributed by atoms with Gasteiger partial charge < -0.3 is 0 Å². The molecule has 2 aromatic rings. The quantitative estimate of drug-likeness (QED) is 0.768. The van der Waals surface area contributed by atoms with Crippen molar-refractivity contribution in [2.45, 2.75) is 26.4 Å². The van der Waals surface area contributed by atoms with Gasteiger partial charge in [0, 0.05) is 18.5 Å². The SMILES string of the molecule is CC(C)N(CCCl)Cc1nc2ccccc2s1. The molecule has 0 amide bonds. The summed E-state index contributed by atoms with van der Waals surface area (Å²) in [4.78, 5) is 7.00. The van der Waals surface area contributed by atoms with Gasteiger partial charge in [0.1, 0.15) is 5.01 Å². The molecule has 0 N–H and O–H groups in total. The lowest BCUT2D eigenvalue weighted by molar-refractivity contribution is 0.226. The predicted molar refractivity (Wildman–Crippen MR) is 75.9 cm³/mol. The number of halogens is 1. The van der Waals surface area contributed by atoms with Gasteiger partial charge in [-0.15, -0.1) is 22.9 Å². The lowest BCUT2D eigenvalue weighted by Gasteiger charge is -2.24. The molecule has 0 bridgehead atoms. The average molecular weight is 269 g/mol. The summed E-state index contributed by atoms with van der Waals surface area (Å²) in [5, 5.41) is 1.17. The first kappa shape index (κ1) is 12.8. The summed E-state index contributed by atoms with van der Waals surface area (Å²) >= 11 is 7.60. The van der Waals surface area contributed by atoms with Crippen molar-refractivity contribution < 1.29 is 0 Å². The fraction of sp³-hybridized carbons (Fsp3) is 0.462. The molecule has 92 valence electrons. The molecule has 1 aromatic carbocycles. The topological polar surface area (TPSA) is 16.1 Å². The highest BCUT2D eigenvalue weighted by molar-refractivity contribution is 7.18. The largest absolute Gasteiger partial charge is 0.293 e. The van der Waals surface area contributed by atoms with Crippen LogP contribution >= 0.6 is 22.9 Å². The summed E-state index contributed by atoms with van der Waals surface area (Å²) in [7, 11) is 0. The van der Waals surface area contributed by atoms with Crippen LogP contribution in [-0.4, -0.2) is 28.4 Å². The summed E-state index contributed by atoms with van der Waals surface area (Å²) in [6, 6.07) is 8.78. The van der Waals surface area contributed by atoms with Crippen LogP contribution in [0.3, 0.4) is 0 Å². The van der Waals surface area contributed by atoms with Crippen molar-refractivity contribution in [2.75, 3.05) is 12.4 Å². The zero-order valence-corrected chi connectivity index (χ0v) is 11.8. The van der Waals surface area contributed by atoms with Gasteiger partial charge in [-0.2, -0.15) is 0 Å². The molecule has 1 aromatic heterocycles. The van der Waals surface area contributed by atoms with E-state index >= 15 is 0 Å². The van der Waals surface area contributed by atoms with E-state index in [-0.39, 0.29) is 0 Å². The van der Waals surface area contributed by atoms with Crippen LogP contribution in [0, 0.1) is 0 Å². The van der Waals surface area contributed by atoms with Crippen molar-refractivity contribution in [1.82, 2.24) is 9.88 Å². The Labute approximate surface area is 111 Å². The average Bonchev–Trinajstić information content (AvgIpc) is 2.70. The van der Waals surface area contributed by atoms with E-state index in [2.05, 4.69) is 41.9 Å². The molecule has 0 saturated heterocycles. The molecule has 0 fully saturated rings. The normalized spacial score (nSPS) is 11.8. The number of thiazole rings is 1. The standard InChI is InChI=1S/C13H17ClN2S/c1-10(2)16(8-7-14)9-13-15-11-5-3-4-6-12(11)17-13/h3-6,10H,7-9H2,1-2H3. The Kier molecular flexibility index (Phi) is 4.37. The fourth-order valence-corrected chi connectivity index (χ4v) is 3.00. The van der Waals surface area contributed by atoms with Crippen molar-refractivity contribution in [3.05, 3.63) is 29.3 Å². The third-order valence-corrected chi connectivity index (χ3v) is 3.97. The van der Waals surface area contributed by atoms with E-state index in [1.54, 1.807) is 11.3 Å². The van der Waals surface area contributed by atoms with E-state index in [0.29, 0.717) is 11.9 Å². The van der Waals surface area contributed by atoms with Gasteiger partial charge in [0.2, 0.25) is 0 Å². The number of hydrogen-bond donors (Lipinski definition) is 0. The third kappa shape index (κ3) is 3.18. The summed E-state index contributed by atoms with van der Waals surface area (Å²) in [5.74, 6) is 0.670. The molecule has 2 nitrogen and oxygen atoms in total. The van der Waals surface area contributed by atoms with Crippen LogP contribution in [0.25, 0.3) is 10.2 Å². The lowest BCUT2D eigenvalue weighted by Crippen LogP contribution is -2.31. The Hall–Kier alpha value is -0.640. The molecule has 0 atom stereocenters. The van der Waals surface area contributed by atoms with Gasteiger partial charge >= 0.3 is 0 Å². The van der Waals surface area contributed by atoms with E-state index in [4.69, 9.17) is 11.6 Å². The molecule has 2 rings (SSSR count). The van der Waals surface area contributed by atoms with E-state index in [0.717, 1.165) is 18.6 Å². The zero-order chi connectivity index (χ0) is 12.3. The van der Waals surface area contributed by atoms with Crippen LogP contribution in [0.4, 0.5) is 0 Å². The molecule has 0 aliphatic rings. The molecular formula is C13H17ClN2S. The van der Waals surface area contributed by atoms with Crippen molar-refractivity contribution in [1.29, 1.82) is 0 Å². The second-order valence-electron chi connectivity index (χ2n) is 4.33. The van der Waals surface area contributed by atoms with Crippen LogP contribution in [0.1, 0.15) is 18.9 Å². The second kappa shape index (κ2) is 5.80. The number of hydrogen-bond acceptors (Lipinski definition) is 3. The number of alkyl halides is 1. The summed E-state index contributed by atoms with van der Waals surface area (Å²) in [6.45, 7) is 6.19. The van der Waals surface area contributed by atoms with Crippen LogP contribution in [0.15, 0.2) is 24.3 Å². The second-order valence-corrected chi connectivity index (χ2v) is 5.82. The molecule has 17 heavy (non-hydrogen) atoms. The Balaban J connectivity index is 2.16. The van der Waals surface area contributed by atoms with Gasteiger partial charge in [-0.3, -0.25) is 4.90 Å². The Morgan fingerprint density at radius 3 is 2.76 bits per heavy atom. The number of aromatic nitrogens is 1. The van der Waals surface area contributed by atoms with E-state index in [9.17, 15) is 0 Å². The number of fused-ring (bicyclic) bond motifs is 1. The van der Waals surface area contributed by atoms with Crippen LogP contribution in [-0.2, 0) is 6.54 Å². The Morgan fingerprint density at radius 2 is 2.12 bits per heavy atom. The summed E-state index contributed by atoms with van der Waals surface area (Å²) < 4.78 is 1.26. The van der Waals surface area contributed by atoms with Crippen LogP contribution in [0.2, 0.25) is 0 Å².